The van der Waals surface area contributed by atoms with E-state index in [1.807, 2.05) is 19.1 Å². The van der Waals surface area contributed by atoms with Crippen molar-refractivity contribution in [1.29, 1.82) is 0 Å². The predicted octanol–water partition coefficient (Wildman–Crippen LogP) is 3.50. The van der Waals surface area contributed by atoms with Crippen molar-refractivity contribution < 1.29 is 14.6 Å². The van der Waals surface area contributed by atoms with E-state index in [-0.39, 0.29) is 12.6 Å². The maximum Gasteiger partial charge on any atom is 0.162 e. The van der Waals surface area contributed by atoms with E-state index in [9.17, 15) is 5.11 Å². The molecule has 0 aromatic heterocycles. The van der Waals surface area contributed by atoms with Crippen LogP contribution in [0.15, 0.2) is 16.6 Å². The topological polar surface area (TPSA) is 50.7 Å². The Labute approximate surface area is 136 Å². The fraction of sp³-hybridized carbons (Fsp3) is 0.625. The van der Waals surface area contributed by atoms with Crippen LogP contribution in [0.1, 0.15) is 38.7 Å². The molecule has 1 aromatic carbocycles. The third kappa shape index (κ3) is 5.85. The molecular weight excluding hydrogens is 334 g/mol. The van der Waals surface area contributed by atoms with Gasteiger partial charge >= 0.3 is 0 Å². The van der Waals surface area contributed by atoms with Gasteiger partial charge in [0.2, 0.25) is 0 Å². The molecule has 0 spiro atoms. The smallest absolute Gasteiger partial charge is 0.162 e. The molecule has 21 heavy (non-hydrogen) atoms. The number of unbranched alkanes of at least 4 members (excludes halogenated alkanes) is 1. The number of benzene rings is 1. The van der Waals surface area contributed by atoms with Gasteiger partial charge in [-0.15, -0.1) is 0 Å². The molecule has 2 N–H and O–H groups in total. The van der Waals surface area contributed by atoms with Crippen molar-refractivity contribution in [2.75, 3.05) is 20.3 Å². The Bertz CT molecular complexity index is 422. The summed E-state index contributed by atoms with van der Waals surface area (Å²) in [7, 11) is 1.65. The lowest BCUT2D eigenvalue weighted by Crippen LogP contribution is -2.31. The van der Waals surface area contributed by atoms with Crippen LogP contribution in [0.5, 0.6) is 11.5 Å². The second-order valence-corrected chi connectivity index (χ2v) is 5.82. The Kier molecular flexibility index (Phi) is 8.73. The second kappa shape index (κ2) is 10.0. The number of halogens is 1. The number of hydrogen-bond donors (Lipinski definition) is 2. The van der Waals surface area contributed by atoms with Crippen molar-refractivity contribution in [3.05, 3.63) is 22.2 Å². The van der Waals surface area contributed by atoms with Crippen molar-refractivity contribution in [2.45, 2.75) is 45.7 Å². The number of ether oxygens (including phenoxy) is 2. The molecule has 0 radical (unpaired) electrons. The molecule has 0 heterocycles. The highest BCUT2D eigenvalue weighted by atomic mass is 79.9. The molecule has 5 heteroatoms. The van der Waals surface area contributed by atoms with E-state index < -0.39 is 0 Å². The summed E-state index contributed by atoms with van der Waals surface area (Å²) in [5, 5.41) is 12.5. The van der Waals surface area contributed by atoms with E-state index in [0.717, 1.165) is 40.8 Å². The van der Waals surface area contributed by atoms with Crippen molar-refractivity contribution >= 4 is 15.9 Å². The number of nitrogens with one attached hydrogen (secondary N) is 1. The zero-order valence-electron chi connectivity index (χ0n) is 13.1. The summed E-state index contributed by atoms with van der Waals surface area (Å²) in [6, 6.07) is 4.04. The van der Waals surface area contributed by atoms with E-state index in [1.165, 1.54) is 0 Å². The van der Waals surface area contributed by atoms with E-state index in [0.29, 0.717) is 13.2 Å². The highest BCUT2D eigenvalue weighted by molar-refractivity contribution is 9.10. The van der Waals surface area contributed by atoms with Crippen LogP contribution in [0, 0.1) is 0 Å². The largest absolute Gasteiger partial charge is 0.493 e. The Balaban J connectivity index is 2.77. The SMILES string of the molecule is CCCCOc1cc(Br)c(CN[C@H](CC)CO)cc1OC. The number of methoxy groups -OCH3 is 1. The Hall–Kier alpha value is -0.780. The van der Waals surface area contributed by atoms with Gasteiger partial charge in [-0.05, 0) is 30.5 Å². The first-order valence-electron chi connectivity index (χ1n) is 7.49. The molecule has 0 bridgehead atoms. The molecule has 0 aliphatic carbocycles. The van der Waals surface area contributed by atoms with Crippen LogP contribution in [-0.2, 0) is 6.54 Å². The van der Waals surface area contributed by atoms with E-state index in [4.69, 9.17) is 9.47 Å². The molecule has 1 rings (SSSR count). The standard InChI is InChI=1S/C16H26BrNO3/c1-4-6-7-21-16-9-14(17)12(8-15(16)20-3)10-18-13(5-2)11-19/h8-9,13,18-19H,4-7,10-11H2,1-3H3/t13-/m1/s1. The summed E-state index contributed by atoms with van der Waals surface area (Å²) < 4.78 is 12.1. The van der Waals surface area contributed by atoms with Crippen molar-refractivity contribution in [2.24, 2.45) is 0 Å². The molecule has 0 amide bonds. The minimum absolute atomic E-state index is 0.114. The van der Waals surface area contributed by atoms with Crippen molar-refractivity contribution in [1.82, 2.24) is 5.32 Å². The van der Waals surface area contributed by atoms with Gasteiger partial charge in [-0.25, -0.2) is 0 Å². The van der Waals surface area contributed by atoms with Crippen LogP contribution in [0.2, 0.25) is 0 Å². The summed E-state index contributed by atoms with van der Waals surface area (Å²) in [5.74, 6) is 1.50. The van der Waals surface area contributed by atoms with Crippen LogP contribution >= 0.6 is 15.9 Å². The molecule has 1 atom stereocenters. The highest BCUT2D eigenvalue weighted by Gasteiger charge is 2.11. The Morgan fingerprint density at radius 3 is 2.62 bits per heavy atom. The fourth-order valence-electron chi connectivity index (χ4n) is 1.90. The summed E-state index contributed by atoms with van der Waals surface area (Å²) >= 11 is 3.58. The molecule has 1 aromatic rings. The normalized spacial score (nSPS) is 12.2. The first kappa shape index (κ1) is 18.3. The first-order valence-corrected chi connectivity index (χ1v) is 8.28. The zero-order valence-corrected chi connectivity index (χ0v) is 14.7. The van der Waals surface area contributed by atoms with E-state index in [1.54, 1.807) is 7.11 Å². The third-order valence-corrected chi connectivity index (χ3v) is 4.12. The third-order valence-electron chi connectivity index (χ3n) is 3.38. The maximum atomic E-state index is 9.22. The highest BCUT2D eigenvalue weighted by Crippen LogP contribution is 2.33. The van der Waals surface area contributed by atoms with Crippen LogP contribution < -0.4 is 14.8 Å². The fourth-order valence-corrected chi connectivity index (χ4v) is 2.37. The number of rotatable bonds is 10. The number of hydrogen-bond acceptors (Lipinski definition) is 4. The predicted molar refractivity (Wildman–Crippen MR) is 89.1 cm³/mol. The van der Waals surface area contributed by atoms with E-state index >= 15 is 0 Å². The Morgan fingerprint density at radius 2 is 2.05 bits per heavy atom. The van der Waals surface area contributed by atoms with Gasteiger partial charge in [0.25, 0.3) is 0 Å². The summed E-state index contributed by atoms with van der Waals surface area (Å²) in [6.45, 7) is 5.69. The second-order valence-electron chi connectivity index (χ2n) is 4.97. The van der Waals surface area contributed by atoms with Gasteiger partial charge in [-0.1, -0.05) is 36.2 Å². The van der Waals surface area contributed by atoms with Crippen LogP contribution in [0.3, 0.4) is 0 Å². The van der Waals surface area contributed by atoms with Gasteiger partial charge in [0.1, 0.15) is 0 Å². The average molecular weight is 360 g/mol. The molecule has 0 aliphatic heterocycles. The van der Waals surface area contributed by atoms with Gasteiger partial charge < -0.3 is 19.9 Å². The Morgan fingerprint density at radius 1 is 1.29 bits per heavy atom. The quantitative estimate of drug-likeness (QED) is 0.627. The monoisotopic (exact) mass is 359 g/mol. The lowest BCUT2D eigenvalue weighted by molar-refractivity contribution is 0.238. The van der Waals surface area contributed by atoms with Gasteiger partial charge in [-0.2, -0.15) is 0 Å². The molecule has 120 valence electrons. The lowest BCUT2D eigenvalue weighted by Gasteiger charge is -2.17. The van der Waals surface area contributed by atoms with Crippen LogP contribution in [0.25, 0.3) is 0 Å². The zero-order chi connectivity index (χ0) is 15.7. The molecular formula is C16H26BrNO3. The van der Waals surface area contributed by atoms with Crippen molar-refractivity contribution in [3.8, 4) is 11.5 Å². The van der Waals surface area contributed by atoms with Gasteiger partial charge in [0.05, 0.1) is 20.3 Å². The van der Waals surface area contributed by atoms with Crippen LogP contribution in [-0.4, -0.2) is 31.5 Å². The number of aliphatic hydroxyl groups is 1. The number of aliphatic hydroxyl groups excluding tert-OH is 1. The minimum atomic E-state index is 0.114. The molecule has 0 saturated carbocycles. The van der Waals surface area contributed by atoms with Gasteiger partial charge in [0, 0.05) is 17.1 Å². The molecule has 0 fully saturated rings. The molecule has 0 unspecified atom stereocenters. The summed E-state index contributed by atoms with van der Waals surface area (Å²) in [5.41, 5.74) is 1.08. The molecule has 4 nitrogen and oxygen atoms in total. The molecule has 0 aliphatic rings. The van der Waals surface area contributed by atoms with Crippen molar-refractivity contribution in [3.63, 3.8) is 0 Å². The minimum Gasteiger partial charge on any atom is -0.493 e. The first-order chi connectivity index (χ1) is 10.2. The van der Waals surface area contributed by atoms with Crippen LogP contribution in [0.4, 0.5) is 0 Å². The van der Waals surface area contributed by atoms with Gasteiger partial charge in [-0.3, -0.25) is 0 Å². The lowest BCUT2D eigenvalue weighted by atomic mass is 10.1. The summed E-state index contributed by atoms with van der Waals surface area (Å²) in [4.78, 5) is 0. The average Bonchev–Trinajstić information content (AvgIpc) is 2.50. The summed E-state index contributed by atoms with van der Waals surface area (Å²) in [6.07, 6.45) is 3.02. The molecule has 0 saturated heterocycles. The van der Waals surface area contributed by atoms with E-state index in [2.05, 4.69) is 28.2 Å². The maximum absolute atomic E-state index is 9.22. The van der Waals surface area contributed by atoms with Gasteiger partial charge in [0.15, 0.2) is 11.5 Å².